The minimum Gasteiger partial charge on any atom is -0.243 e. The predicted octanol–water partition coefficient (Wildman–Crippen LogP) is 4.51. The summed E-state index contributed by atoms with van der Waals surface area (Å²) < 4.78 is 18.3. The van der Waals surface area contributed by atoms with Gasteiger partial charge in [0.1, 0.15) is 0 Å². The van der Waals surface area contributed by atoms with Crippen molar-refractivity contribution in [2.24, 2.45) is 9.36 Å². The lowest BCUT2D eigenvalue weighted by Gasteiger charge is -2.00. The lowest BCUT2D eigenvalue weighted by molar-refractivity contribution is 0.681. The van der Waals surface area contributed by atoms with E-state index in [0.29, 0.717) is 10.3 Å². The molecular weight excluding hydrogens is 403 g/mol. The van der Waals surface area contributed by atoms with Gasteiger partial charge in [0, 0.05) is 8.47 Å². The fraction of sp³-hybridized carbons (Fsp3) is 0.0714. The Bertz CT molecular complexity index is 764. The Morgan fingerprint density at radius 2 is 1.80 bits per heavy atom. The first kappa shape index (κ1) is 14.1. The molecule has 0 saturated carbocycles. The van der Waals surface area contributed by atoms with Crippen molar-refractivity contribution in [3.8, 4) is 0 Å². The van der Waals surface area contributed by atoms with E-state index in [2.05, 4.69) is 31.9 Å². The highest BCUT2D eigenvalue weighted by atomic mass is 127. The van der Waals surface area contributed by atoms with Crippen LogP contribution in [0.25, 0.3) is 0 Å². The van der Waals surface area contributed by atoms with Gasteiger partial charge in [0.2, 0.25) is 0 Å². The summed E-state index contributed by atoms with van der Waals surface area (Å²) in [5.74, 6) is 0. The van der Waals surface area contributed by atoms with Crippen LogP contribution < -0.4 is 0 Å². The monoisotopic (exact) mass is 414 g/mol. The molecule has 1 unspecified atom stereocenters. The Labute approximate surface area is 136 Å². The number of thioether (sulfide) groups is 1. The van der Waals surface area contributed by atoms with E-state index in [0.717, 1.165) is 14.2 Å². The molecular formula is C14H11IN2OS2. The van der Waals surface area contributed by atoms with Gasteiger partial charge in [0.25, 0.3) is 0 Å². The van der Waals surface area contributed by atoms with Crippen molar-refractivity contribution >= 4 is 54.9 Å². The minimum absolute atomic E-state index is 0.472. The Hall–Kier alpha value is -0.860. The van der Waals surface area contributed by atoms with Gasteiger partial charge in [-0.2, -0.15) is 4.36 Å². The smallest absolute Gasteiger partial charge is 0.198 e. The van der Waals surface area contributed by atoms with Gasteiger partial charge >= 0.3 is 0 Å². The number of halogens is 1. The molecule has 102 valence electrons. The topological polar surface area (TPSA) is 41.8 Å². The van der Waals surface area contributed by atoms with E-state index in [-0.39, 0.29) is 0 Å². The second-order valence-corrected chi connectivity index (χ2v) is 8.95. The van der Waals surface area contributed by atoms with Crippen LogP contribution in [0.15, 0.2) is 68.8 Å². The normalized spacial score (nSPS) is 23.8. The van der Waals surface area contributed by atoms with Crippen LogP contribution in [0.3, 0.4) is 0 Å². The molecule has 0 radical (unpaired) electrons. The second kappa shape index (κ2) is 5.87. The van der Waals surface area contributed by atoms with Crippen molar-refractivity contribution in [3.05, 3.63) is 58.2 Å². The quantitative estimate of drug-likeness (QED) is 0.679. The van der Waals surface area contributed by atoms with Gasteiger partial charge in [-0.1, -0.05) is 30.0 Å². The Kier molecular flexibility index (Phi) is 4.13. The predicted molar refractivity (Wildman–Crippen MR) is 94.0 cm³/mol. The number of rotatable bonds is 2. The van der Waals surface area contributed by atoms with Crippen LogP contribution in [-0.4, -0.2) is 14.5 Å². The van der Waals surface area contributed by atoms with Gasteiger partial charge in [0.05, 0.1) is 20.5 Å². The molecule has 0 fully saturated rings. The molecule has 3 nitrogen and oxygen atoms in total. The number of benzene rings is 2. The van der Waals surface area contributed by atoms with Gasteiger partial charge in [0.15, 0.2) is 5.17 Å². The second-order valence-electron chi connectivity index (χ2n) is 4.18. The van der Waals surface area contributed by atoms with Crippen LogP contribution in [-0.2, 0) is 9.73 Å². The summed E-state index contributed by atoms with van der Waals surface area (Å²) in [6, 6.07) is 17.3. The van der Waals surface area contributed by atoms with Crippen LogP contribution in [0, 0.1) is 3.57 Å². The fourth-order valence-corrected chi connectivity index (χ4v) is 5.64. The van der Waals surface area contributed by atoms with Gasteiger partial charge < -0.3 is 0 Å². The molecule has 1 heterocycles. The van der Waals surface area contributed by atoms with Crippen molar-refractivity contribution < 1.29 is 4.21 Å². The maximum Gasteiger partial charge on any atom is 0.198 e. The molecule has 1 aliphatic heterocycles. The summed E-state index contributed by atoms with van der Waals surface area (Å²) in [6.45, 7) is 0. The van der Waals surface area contributed by atoms with E-state index in [4.69, 9.17) is 0 Å². The minimum atomic E-state index is -2.35. The zero-order chi connectivity index (χ0) is 14.0. The molecule has 2 aromatic rings. The van der Waals surface area contributed by atoms with Gasteiger partial charge in [-0.25, -0.2) is 9.20 Å². The summed E-state index contributed by atoms with van der Waals surface area (Å²) in [5.41, 5.74) is 0.841. The summed E-state index contributed by atoms with van der Waals surface area (Å²) >= 11 is 3.70. The summed E-state index contributed by atoms with van der Waals surface area (Å²) in [4.78, 5) is 5.23. The molecule has 0 saturated heterocycles. The van der Waals surface area contributed by atoms with Crippen molar-refractivity contribution in [1.82, 2.24) is 0 Å². The van der Waals surface area contributed by atoms with E-state index < -0.39 is 9.73 Å². The Balaban J connectivity index is 1.95. The molecule has 0 aliphatic carbocycles. The number of amidine groups is 1. The van der Waals surface area contributed by atoms with Crippen molar-refractivity contribution in [3.63, 3.8) is 0 Å². The summed E-state index contributed by atoms with van der Waals surface area (Å²) in [6.07, 6.45) is 0. The summed E-state index contributed by atoms with van der Waals surface area (Å²) in [7, 11) is -2.35. The number of aliphatic imine (C=N–C) groups is 1. The van der Waals surface area contributed by atoms with Crippen molar-refractivity contribution in [2.75, 3.05) is 5.08 Å². The lowest BCUT2D eigenvalue weighted by atomic mass is 10.3. The third-order valence-corrected chi connectivity index (χ3v) is 7.24. The molecule has 20 heavy (non-hydrogen) atoms. The molecule has 1 atom stereocenters. The average molecular weight is 414 g/mol. The molecule has 0 bridgehead atoms. The Morgan fingerprint density at radius 3 is 2.50 bits per heavy atom. The molecule has 0 N–H and O–H groups in total. The van der Waals surface area contributed by atoms with Crippen LogP contribution in [0.5, 0.6) is 0 Å². The first-order chi connectivity index (χ1) is 9.66. The van der Waals surface area contributed by atoms with E-state index in [1.54, 1.807) is 0 Å². The number of nitrogens with zero attached hydrogens (tertiary/aromatic N) is 2. The number of hydrogen-bond acceptors (Lipinski definition) is 3. The molecule has 0 amide bonds. The molecule has 3 rings (SSSR count). The van der Waals surface area contributed by atoms with E-state index >= 15 is 0 Å². The molecule has 6 heteroatoms. The largest absolute Gasteiger partial charge is 0.243 e. The molecule has 0 aromatic heterocycles. The molecule has 2 aromatic carbocycles. The maximum atomic E-state index is 12.8. The van der Waals surface area contributed by atoms with E-state index in [9.17, 15) is 4.21 Å². The third-order valence-electron chi connectivity index (χ3n) is 2.74. The van der Waals surface area contributed by atoms with Crippen molar-refractivity contribution in [2.45, 2.75) is 4.90 Å². The average Bonchev–Trinajstić information content (AvgIpc) is 2.85. The number of hydrogen-bond donors (Lipinski definition) is 0. The third kappa shape index (κ3) is 3.07. The highest BCUT2D eigenvalue weighted by Gasteiger charge is 2.22. The SMILES string of the molecule is O=S1(c2ccccc2)=NC(=Nc2ccc(I)cc2)SC1. The summed E-state index contributed by atoms with van der Waals surface area (Å²) in [5, 5.41) is 1.07. The van der Waals surface area contributed by atoms with Crippen molar-refractivity contribution in [1.29, 1.82) is 0 Å². The van der Waals surface area contributed by atoms with Crippen LogP contribution >= 0.6 is 34.4 Å². The van der Waals surface area contributed by atoms with Crippen LogP contribution in [0.4, 0.5) is 5.69 Å². The highest BCUT2D eigenvalue weighted by molar-refractivity contribution is 14.1. The van der Waals surface area contributed by atoms with Gasteiger partial charge in [-0.3, -0.25) is 0 Å². The first-order valence-corrected chi connectivity index (χ1v) is 9.68. The zero-order valence-electron chi connectivity index (χ0n) is 10.4. The molecule has 1 aliphatic rings. The first-order valence-electron chi connectivity index (χ1n) is 5.93. The van der Waals surface area contributed by atoms with E-state index in [1.807, 2.05) is 54.6 Å². The molecule has 0 spiro atoms. The zero-order valence-corrected chi connectivity index (χ0v) is 14.2. The van der Waals surface area contributed by atoms with Gasteiger partial charge in [-0.05, 0) is 59.0 Å². The highest BCUT2D eigenvalue weighted by Crippen LogP contribution is 2.29. The van der Waals surface area contributed by atoms with E-state index in [1.165, 1.54) is 11.8 Å². The maximum absolute atomic E-state index is 12.8. The Morgan fingerprint density at radius 1 is 1.10 bits per heavy atom. The van der Waals surface area contributed by atoms with Crippen LogP contribution in [0.1, 0.15) is 0 Å². The van der Waals surface area contributed by atoms with Gasteiger partial charge in [-0.15, -0.1) is 0 Å². The fourth-order valence-electron chi connectivity index (χ4n) is 1.74. The van der Waals surface area contributed by atoms with Crippen LogP contribution in [0.2, 0.25) is 0 Å². The lowest BCUT2D eigenvalue weighted by Crippen LogP contribution is -1.98. The standard InChI is InChI=1S/C14H11IN2OS2/c15-11-6-8-12(9-7-11)16-14-17-20(18,10-19-14)13-4-2-1-3-5-13/h1-9H,10H2.